The zero-order chi connectivity index (χ0) is 18.6. The molecule has 1 saturated heterocycles. The average molecular weight is 350 g/mol. The number of piperidine rings is 1. The van der Waals surface area contributed by atoms with Crippen molar-refractivity contribution in [3.05, 3.63) is 22.5 Å². The molecule has 7 heteroatoms. The molecule has 0 saturated carbocycles. The molecule has 0 radical (unpaired) electrons. The summed E-state index contributed by atoms with van der Waals surface area (Å²) in [5.74, 6) is -1.31. The number of esters is 2. The van der Waals surface area contributed by atoms with E-state index in [-0.39, 0.29) is 24.3 Å². The van der Waals surface area contributed by atoms with Gasteiger partial charge in [-0.05, 0) is 52.5 Å². The fourth-order valence-electron chi connectivity index (χ4n) is 2.97. The second-order valence-corrected chi connectivity index (χ2v) is 6.60. The van der Waals surface area contributed by atoms with Crippen LogP contribution in [0.15, 0.2) is 0 Å². The van der Waals surface area contributed by atoms with Gasteiger partial charge in [0.25, 0.3) is 5.91 Å². The number of carbonyl (C=O) groups is 3. The fraction of sp³-hybridized carbons (Fsp3) is 0.611. The Hall–Kier alpha value is -2.31. The predicted molar refractivity (Wildman–Crippen MR) is 91.5 cm³/mol. The monoisotopic (exact) mass is 350 g/mol. The summed E-state index contributed by atoms with van der Waals surface area (Å²) in [5.41, 5.74) is 1.53. The molecule has 1 N–H and O–H groups in total. The third-order valence-electron chi connectivity index (χ3n) is 4.22. The van der Waals surface area contributed by atoms with Crippen LogP contribution in [0, 0.1) is 13.8 Å². The highest BCUT2D eigenvalue weighted by Crippen LogP contribution is 2.20. The molecule has 1 aliphatic rings. The van der Waals surface area contributed by atoms with E-state index < -0.39 is 11.9 Å². The van der Waals surface area contributed by atoms with Crippen molar-refractivity contribution in [2.45, 2.75) is 53.1 Å². The quantitative estimate of drug-likeness (QED) is 0.824. The molecule has 138 valence electrons. The molecular weight excluding hydrogens is 324 g/mol. The molecule has 1 aromatic heterocycles. The van der Waals surface area contributed by atoms with Crippen molar-refractivity contribution in [3.63, 3.8) is 0 Å². The maximum Gasteiger partial charge on any atom is 0.355 e. The second-order valence-electron chi connectivity index (χ2n) is 6.60. The van der Waals surface area contributed by atoms with E-state index in [1.54, 1.807) is 32.6 Å². The minimum absolute atomic E-state index is 0.180. The normalized spacial score (nSPS) is 14.5. The van der Waals surface area contributed by atoms with Crippen LogP contribution in [0.2, 0.25) is 0 Å². The number of rotatable bonds is 5. The SMILES string of the molecule is Cc1[nH]c(C(=O)OCC(=O)N2CCCCC2)c(C)c1C(=O)OC(C)C. The summed E-state index contributed by atoms with van der Waals surface area (Å²) in [7, 11) is 0. The van der Waals surface area contributed by atoms with Crippen molar-refractivity contribution < 1.29 is 23.9 Å². The number of likely N-dealkylation sites (tertiary alicyclic amines) is 1. The minimum Gasteiger partial charge on any atom is -0.459 e. The lowest BCUT2D eigenvalue weighted by atomic mass is 10.1. The van der Waals surface area contributed by atoms with Gasteiger partial charge in [0.1, 0.15) is 5.69 Å². The van der Waals surface area contributed by atoms with E-state index >= 15 is 0 Å². The third-order valence-corrected chi connectivity index (χ3v) is 4.22. The zero-order valence-corrected chi connectivity index (χ0v) is 15.3. The third kappa shape index (κ3) is 4.61. The van der Waals surface area contributed by atoms with Crippen LogP contribution in [0.4, 0.5) is 0 Å². The Morgan fingerprint density at radius 3 is 2.32 bits per heavy atom. The van der Waals surface area contributed by atoms with Crippen LogP contribution in [0.5, 0.6) is 0 Å². The van der Waals surface area contributed by atoms with E-state index in [9.17, 15) is 14.4 Å². The summed E-state index contributed by atoms with van der Waals surface area (Å²) in [4.78, 5) is 41.1. The summed E-state index contributed by atoms with van der Waals surface area (Å²) in [6, 6.07) is 0. The molecule has 0 unspecified atom stereocenters. The highest BCUT2D eigenvalue weighted by atomic mass is 16.5. The number of nitrogens with zero attached hydrogens (tertiary/aromatic N) is 1. The Bertz CT molecular complexity index is 657. The van der Waals surface area contributed by atoms with Crippen LogP contribution in [-0.2, 0) is 14.3 Å². The number of carbonyl (C=O) groups excluding carboxylic acids is 3. The molecule has 0 aromatic carbocycles. The summed E-state index contributed by atoms with van der Waals surface area (Å²) >= 11 is 0. The number of aryl methyl sites for hydroxylation is 1. The Labute approximate surface area is 147 Å². The first-order valence-electron chi connectivity index (χ1n) is 8.66. The lowest BCUT2D eigenvalue weighted by Gasteiger charge is -2.26. The van der Waals surface area contributed by atoms with E-state index in [0.717, 1.165) is 19.3 Å². The molecule has 7 nitrogen and oxygen atoms in total. The molecule has 2 rings (SSSR count). The van der Waals surface area contributed by atoms with Crippen LogP contribution in [-0.4, -0.2) is 53.5 Å². The zero-order valence-electron chi connectivity index (χ0n) is 15.3. The van der Waals surface area contributed by atoms with Crippen LogP contribution >= 0.6 is 0 Å². The Balaban J connectivity index is 2.02. The molecule has 0 bridgehead atoms. The van der Waals surface area contributed by atoms with Gasteiger partial charge in [-0.15, -0.1) is 0 Å². The van der Waals surface area contributed by atoms with Gasteiger partial charge in [0.15, 0.2) is 6.61 Å². The van der Waals surface area contributed by atoms with E-state index in [1.165, 1.54) is 0 Å². The lowest BCUT2D eigenvalue weighted by Crippen LogP contribution is -2.38. The molecule has 0 spiro atoms. The molecule has 0 aliphatic carbocycles. The van der Waals surface area contributed by atoms with Crippen molar-refractivity contribution >= 4 is 17.8 Å². The van der Waals surface area contributed by atoms with Gasteiger partial charge in [0.05, 0.1) is 11.7 Å². The average Bonchev–Trinajstić information content (AvgIpc) is 2.87. The van der Waals surface area contributed by atoms with Crippen LogP contribution < -0.4 is 0 Å². The van der Waals surface area contributed by atoms with Crippen molar-refractivity contribution in [2.24, 2.45) is 0 Å². The van der Waals surface area contributed by atoms with Crippen LogP contribution in [0.3, 0.4) is 0 Å². The summed E-state index contributed by atoms with van der Waals surface area (Å²) in [5, 5.41) is 0. The second kappa shape index (κ2) is 8.18. The van der Waals surface area contributed by atoms with Gasteiger partial charge in [-0.3, -0.25) is 4.79 Å². The van der Waals surface area contributed by atoms with Gasteiger partial charge in [-0.1, -0.05) is 0 Å². The molecule has 25 heavy (non-hydrogen) atoms. The van der Waals surface area contributed by atoms with Crippen molar-refractivity contribution in [3.8, 4) is 0 Å². The van der Waals surface area contributed by atoms with E-state index in [0.29, 0.717) is 29.9 Å². The summed E-state index contributed by atoms with van der Waals surface area (Å²) in [6.45, 7) is 8.00. The number of hydrogen-bond acceptors (Lipinski definition) is 5. The molecular formula is C18H26N2O5. The summed E-state index contributed by atoms with van der Waals surface area (Å²) < 4.78 is 10.3. The smallest absolute Gasteiger partial charge is 0.355 e. The van der Waals surface area contributed by atoms with Gasteiger partial charge in [-0.2, -0.15) is 0 Å². The Morgan fingerprint density at radius 2 is 1.72 bits per heavy atom. The number of ether oxygens (including phenoxy) is 2. The van der Waals surface area contributed by atoms with Gasteiger partial charge in [0.2, 0.25) is 0 Å². The number of hydrogen-bond donors (Lipinski definition) is 1. The maximum atomic E-state index is 12.3. The highest BCUT2D eigenvalue weighted by Gasteiger charge is 2.25. The van der Waals surface area contributed by atoms with E-state index in [1.807, 2.05) is 0 Å². The maximum absolute atomic E-state index is 12.3. The number of H-pyrrole nitrogens is 1. The number of amides is 1. The summed E-state index contributed by atoms with van der Waals surface area (Å²) in [6.07, 6.45) is 2.84. The van der Waals surface area contributed by atoms with Gasteiger partial charge in [-0.25, -0.2) is 9.59 Å². The number of aromatic amines is 1. The van der Waals surface area contributed by atoms with E-state index in [2.05, 4.69) is 4.98 Å². The molecule has 2 heterocycles. The first-order valence-corrected chi connectivity index (χ1v) is 8.66. The largest absolute Gasteiger partial charge is 0.459 e. The topological polar surface area (TPSA) is 88.7 Å². The van der Waals surface area contributed by atoms with Gasteiger partial charge in [0, 0.05) is 18.8 Å². The standard InChI is InChI=1S/C18H26N2O5/c1-11(2)25-17(22)15-12(3)16(19-13(15)4)18(23)24-10-14(21)20-8-6-5-7-9-20/h11,19H,5-10H2,1-4H3. The number of nitrogens with one attached hydrogen (secondary N) is 1. The first kappa shape index (κ1) is 19.0. The Kier molecular flexibility index (Phi) is 6.22. The highest BCUT2D eigenvalue weighted by molar-refractivity contribution is 5.99. The predicted octanol–water partition coefficient (Wildman–Crippen LogP) is 2.37. The van der Waals surface area contributed by atoms with Crippen molar-refractivity contribution in [2.75, 3.05) is 19.7 Å². The van der Waals surface area contributed by atoms with Gasteiger partial charge < -0.3 is 19.4 Å². The van der Waals surface area contributed by atoms with Crippen molar-refractivity contribution in [1.29, 1.82) is 0 Å². The molecule has 1 amide bonds. The van der Waals surface area contributed by atoms with Gasteiger partial charge >= 0.3 is 11.9 Å². The molecule has 1 aliphatic heterocycles. The molecule has 1 fully saturated rings. The molecule has 1 aromatic rings. The van der Waals surface area contributed by atoms with Crippen LogP contribution in [0.1, 0.15) is 65.2 Å². The lowest BCUT2D eigenvalue weighted by molar-refractivity contribution is -0.135. The minimum atomic E-state index is -0.644. The fourth-order valence-corrected chi connectivity index (χ4v) is 2.97. The van der Waals surface area contributed by atoms with Crippen LogP contribution in [0.25, 0.3) is 0 Å². The van der Waals surface area contributed by atoms with E-state index in [4.69, 9.17) is 9.47 Å². The first-order chi connectivity index (χ1) is 11.8. The molecule has 0 atom stereocenters. The Morgan fingerprint density at radius 1 is 1.08 bits per heavy atom. The van der Waals surface area contributed by atoms with Crippen molar-refractivity contribution in [1.82, 2.24) is 9.88 Å². The number of aromatic nitrogens is 1.